The van der Waals surface area contributed by atoms with Crippen LogP contribution in [0.4, 0.5) is 0 Å². The predicted molar refractivity (Wildman–Crippen MR) is 94.7 cm³/mol. The summed E-state index contributed by atoms with van der Waals surface area (Å²) in [4.78, 5) is 25.8. The van der Waals surface area contributed by atoms with Gasteiger partial charge >= 0.3 is 0 Å². The van der Waals surface area contributed by atoms with Crippen molar-refractivity contribution in [2.75, 3.05) is 20.2 Å². The number of hydrogen-bond acceptors (Lipinski definition) is 5. The Morgan fingerprint density at radius 1 is 1.42 bits per heavy atom. The minimum Gasteiger partial charge on any atom is -0.496 e. The van der Waals surface area contributed by atoms with Crippen molar-refractivity contribution in [2.24, 2.45) is 5.73 Å². The number of ether oxygens (including phenoxy) is 1. The second-order valence-corrected chi connectivity index (χ2v) is 5.62. The maximum Gasteiger partial charge on any atom is 0.252 e. The van der Waals surface area contributed by atoms with Gasteiger partial charge in [-0.05, 0) is 31.3 Å². The molecule has 1 amide bonds. The molecule has 0 saturated carbocycles. The summed E-state index contributed by atoms with van der Waals surface area (Å²) < 4.78 is 7.44. The van der Waals surface area contributed by atoms with Crippen LogP contribution in [-0.4, -0.2) is 35.7 Å². The van der Waals surface area contributed by atoms with Gasteiger partial charge in [0.15, 0.2) is 4.77 Å². The maximum atomic E-state index is 11.9. The maximum absolute atomic E-state index is 11.9. The van der Waals surface area contributed by atoms with Crippen LogP contribution in [0.5, 0.6) is 5.75 Å². The zero-order chi connectivity index (χ0) is 17.7. The van der Waals surface area contributed by atoms with Crippen molar-refractivity contribution in [3.05, 3.63) is 45.0 Å². The number of carbonyl (C=O) groups excluding carboxylic acids is 1. The Hall–Kier alpha value is -2.45. The average Bonchev–Trinajstić information content (AvgIpc) is 2.56. The van der Waals surface area contributed by atoms with Crippen LogP contribution in [0.1, 0.15) is 5.56 Å². The summed E-state index contributed by atoms with van der Waals surface area (Å²) in [5.41, 5.74) is 7.40. The molecule has 7 nitrogen and oxygen atoms in total. The monoisotopic (exact) mass is 348 g/mol. The number of nitrogens with one attached hydrogen (secondary N) is 2. The number of methoxy groups -OCH3 is 1. The minimum atomic E-state index is -0.291. The second kappa shape index (κ2) is 7.89. The standard InChI is InChI=1S/C16H20N4O3S/c1-10-3-4-13(23-2)11(7-10)12-8-14(21)19-16(24)20(12)6-5-18-15(22)9-17/h3-4,7-8H,5-6,9,17H2,1-2H3,(H,18,22)(H,19,21,24). The van der Waals surface area contributed by atoms with E-state index in [4.69, 9.17) is 22.7 Å². The average molecular weight is 348 g/mol. The van der Waals surface area contributed by atoms with Crippen LogP contribution in [-0.2, 0) is 11.3 Å². The first kappa shape index (κ1) is 17.9. The van der Waals surface area contributed by atoms with Gasteiger partial charge in [0.05, 0.1) is 19.3 Å². The SMILES string of the molecule is COc1ccc(C)cc1-c1cc(=O)[nH]c(=S)n1CCNC(=O)CN. The summed E-state index contributed by atoms with van der Waals surface area (Å²) in [6, 6.07) is 7.17. The zero-order valence-corrected chi connectivity index (χ0v) is 14.4. The van der Waals surface area contributed by atoms with Gasteiger partial charge in [0, 0.05) is 24.7 Å². The highest BCUT2D eigenvalue weighted by molar-refractivity contribution is 7.71. The Bertz CT molecular complexity index is 857. The van der Waals surface area contributed by atoms with Crippen LogP contribution in [0.3, 0.4) is 0 Å². The summed E-state index contributed by atoms with van der Waals surface area (Å²) in [5, 5.41) is 2.69. The minimum absolute atomic E-state index is 0.0738. The molecule has 8 heteroatoms. The number of benzene rings is 1. The number of aromatic amines is 1. The molecule has 2 aromatic rings. The molecule has 0 aliphatic heterocycles. The highest BCUT2D eigenvalue weighted by Crippen LogP contribution is 2.30. The molecule has 0 aliphatic rings. The van der Waals surface area contributed by atoms with Crippen molar-refractivity contribution in [3.8, 4) is 17.0 Å². The molecule has 24 heavy (non-hydrogen) atoms. The smallest absolute Gasteiger partial charge is 0.252 e. The van der Waals surface area contributed by atoms with E-state index in [0.717, 1.165) is 11.1 Å². The van der Waals surface area contributed by atoms with E-state index in [1.54, 1.807) is 11.7 Å². The number of aryl methyl sites for hydroxylation is 1. The molecule has 0 bridgehead atoms. The molecule has 0 atom stereocenters. The van der Waals surface area contributed by atoms with E-state index in [0.29, 0.717) is 24.5 Å². The van der Waals surface area contributed by atoms with Crippen molar-refractivity contribution < 1.29 is 9.53 Å². The van der Waals surface area contributed by atoms with Crippen molar-refractivity contribution in [3.63, 3.8) is 0 Å². The summed E-state index contributed by atoms with van der Waals surface area (Å²) in [6.07, 6.45) is 0. The molecule has 1 aromatic carbocycles. The first-order valence-corrected chi connectivity index (χ1v) is 7.83. The van der Waals surface area contributed by atoms with Crippen molar-refractivity contribution in [2.45, 2.75) is 13.5 Å². The van der Waals surface area contributed by atoms with Gasteiger partial charge in [0.1, 0.15) is 5.75 Å². The van der Waals surface area contributed by atoms with E-state index in [-0.39, 0.29) is 22.8 Å². The lowest BCUT2D eigenvalue weighted by Crippen LogP contribution is -2.33. The lowest BCUT2D eigenvalue weighted by atomic mass is 10.1. The molecule has 1 aromatic heterocycles. The Morgan fingerprint density at radius 2 is 2.17 bits per heavy atom. The van der Waals surface area contributed by atoms with Gasteiger partial charge in [-0.1, -0.05) is 11.6 Å². The fraction of sp³-hybridized carbons (Fsp3) is 0.312. The molecule has 0 aliphatic carbocycles. The third kappa shape index (κ3) is 4.09. The molecule has 0 radical (unpaired) electrons. The third-order valence-corrected chi connectivity index (χ3v) is 3.83. The van der Waals surface area contributed by atoms with E-state index in [9.17, 15) is 9.59 Å². The van der Waals surface area contributed by atoms with Crippen LogP contribution in [0.15, 0.2) is 29.1 Å². The van der Waals surface area contributed by atoms with E-state index in [2.05, 4.69) is 10.3 Å². The number of rotatable bonds is 6. The van der Waals surface area contributed by atoms with Crippen LogP contribution in [0.25, 0.3) is 11.3 Å². The first-order chi connectivity index (χ1) is 11.5. The summed E-state index contributed by atoms with van der Waals surface area (Å²) in [6.45, 7) is 2.62. The molecule has 1 heterocycles. The topological polar surface area (TPSA) is 102 Å². The van der Waals surface area contributed by atoms with Gasteiger partial charge in [-0.2, -0.15) is 0 Å². The molecule has 4 N–H and O–H groups in total. The van der Waals surface area contributed by atoms with Crippen LogP contribution >= 0.6 is 12.2 Å². The second-order valence-electron chi connectivity index (χ2n) is 5.23. The number of H-pyrrole nitrogens is 1. The predicted octanol–water partition coefficient (Wildman–Crippen LogP) is 0.965. The number of carbonyl (C=O) groups is 1. The van der Waals surface area contributed by atoms with Crippen LogP contribution in [0, 0.1) is 11.7 Å². The fourth-order valence-electron chi connectivity index (χ4n) is 2.37. The molecule has 0 unspecified atom stereocenters. The highest BCUT2D eigenvalue weighted by atomic mass is 32.1. The van der Waals surface area contributed by atoms with Crippen molar-refractivity contribution in [1.29, 1.82) is 0 Å². The molecule has 2 rings (SSSR count). The lowest BCUT2D eigenvalue weighted by molar-refractivity contribution is -0.119. The van der Waals surface area contributed by atoms with Crippen molar-refractivity contribution in [1.82, 2.24) is 14.9 Å². The molecular weight excluding hydrogens is 328 g/mol. The van der Waals surface area contributed by atoms with Gasteiger partial charge in [-0.15, -0.1) is 0 Å². The number of nitrogens with two attached hydrogens (primary N) is 1. The first-order valence-electron chi connectivity index (χ1n) is 7.42. The summed E-state index contributed by atoms with van der Waals surface area (Å²) >= 11 is 5.28. The zero-order valence-electron chi connectivity index (χ0n) is 13.6. The number of aromatic nitrogens is 2. The van der Waals surface area contributed by atoms with Crippen molar-refractivity contribution >= 4 is 18.1 Å². The molecule has 0 fully saturated rings. The van der Waals surface area contributed by atoms with Gasteiger partial charge in [-0.25, -0.2) is 0 Å². The van der Waals surface area contributed by atoms with E-state index >= 15 is 0 Å². The number of nitrogens with zero attached hydrogens (tertiary/aromatic N) is 1. The van der Waals surface area contributed by atoms with E-state index in [1.807, 2.05) is 25.1 Å². The van der Waals surface area contributed by atoms with Crippen LogP contribution < -0.4 is 21.3 Å². The summed E-state index contributed by atoms with van der Waals surface area (Å²) in [7, 11) is 1.57. The third-order valence-electron chi connectivity index (χ3n) is 3.51. The Morgan fingerprint density at radius 3 is 2.83 bits per heavy atom. The molecular formula is C16H20N4O3S. The van der Waals surface area contributed by atoms with Gasteiger partial charge in [0.25, 0.3) is 5.56 Å². The largest absolute Gasteiger partial charge is 0.496 e. The Balaban J connectivity index is 2.50. The quantitative estimate of drug-likeness (QED) is 0.675. The van der Waals surface area contributed by atoms with Gasteiger partial charge < -0.3 is 20.4 Å². The number of amides is 1. The molecule has 0 saturated heterocycles. The van der Waals surface area contributed by atoms with Gasteiger partial charge in [0.2, 0.25) is 5.91 Å². The number of hydrogen-bond donors (Lipinski definition) is 3. The Kier molecular flexibility index (Phi) is 5.88. The lowest BCUT2D eigenvalue weighted by Gasteiger charge is -2.16. The summed E-state index contributed by atoms with van der Waals surface area (Å²) in [5.74, 6) is 0.390. The fourth-order valence-corrected chi connectivity index (χ4v) is 2.66. The Labute approximate surface area is 144 Å². The highest BCUT2D eigenvalue weighted by Gasteiger charge is 2.12. The van der Waals surface area contributed by atoms with Crippen LogP contribution in [0.2, 0.25) is 0 Å². The normalized spacial score (nSPS) is 10.5. The van der Waals surface area contributed by atoms with E-state index < -0.39 is 0 Å². The molecule has 0 spiro atoms. The molecule has 128 valence electrons. The van der Waals surface area contributed by atoms with E-state index in [1.165, 1.54) is 6.07 Å². The van der Waals surface area contributed by atoms with Gasteiger partial charge in [-0.3, -0.25) is 14.6 Å².